The molecule has 26 heavy (non-hydrogen) atoms. The summed E-state index contributed by atoms with van der Waals surface area (Å²) in [6, 6.07) is 13.7. The van der Waals surface area contributed by atoms with E-state index in [0.29, 0.717) is 11.1 Å². The van der Waals surface area contributed by atoms with Crippen molar-refractivity contribution in [3.63, 3.8) is 0 Å². The van der Waals surface area contributed by atoms with E-state index < -0.39 is 17.7 Å². The number of imide groups is 1. The molecule has 0 fully saturated rings. The van der Waals surface area contributed by atoms with Crippen molar-refractivity contribution in [1.29, 1.82) is 0 Å². The summed E-state index contributed by atoms with van der Waals surface area (Å²) in [6.45, 7) is -0.204. The number of amides is 3. The monoisotopic (exact) mass is 348 g/mol. The highest BCUT2D eigenvalue weighted by molar-refractivity contribution is 6.22. The van der Waals surface area contributed by atoms with E-state index in [1.165, 1.54) is 0 Å². The zero-order valence-electron chi connectivity index (χ0n) is 14.1. The van der Waals surface area contributed by atoms with Crippen molar-refractivity contribution in [2.45, 2.75) is 0 Å². The Bertz CT molecular complexity index is 888. The van der Waals surface area contributed by atoms with Gasteiger partial charge in [0.1, 0.15) is 12.3 Å². The van der Waals surface area contributed by atoms with E-state index >= 15 is 0 Å². The minimum Gasteiger partial charge on any atom is -0.497 e. The van der Waals surface area contributed by atoms with Gasteiger partial charge in [-0.05, 0) is 36.4 Å². The van der Waals surface area contributed by atoms with Gasteiger partial charge in [-0.3, -0.25) is 19.3 Å². The first kappa shape index (κ1) is 17.2. The Balaban J connectivity index is 1.53. The number of nitrogens with one attached hydrogen (secondary N) is 1. The van der Waals surface area contributed by atoms with Crippen molar-refractivity contribution >= 4 is 17.7 Å². The molecule has 1 heterocycles. The molecule has 6 nitrogen and oxygen atoms in total. The smallest absolute Gasteiger partial charge is 0.262 e. The second-order valence-electron chi connectivity index (χ2n) is 5.55. The van der Waals surface area contributed by atoms with Gasteiger partial charge in [0, 0.05) is 5.56 Å². The summed E-state index contributed by atoms with van der Waals surface area (Å²) in [6.07, 6.45) is 0. The second-order valence-corrected chi connectivity index (χ2v) is 5.55. The number of nitrogens with zero attached hydrogens (tertiary/aromatic N) is 1. The lowest BCUT2D eigenvalue weighted by Gasteiger charge is -2.12. The van der Waals surface area contributed by atoms with Crippen molar-refractivity contribution in [1.82, 2.24) is 10.2 Å². The molecule has 130 valence electrons. The fourth-order valence-electron chi connectivity index (χ4n) is 2.55. The number of hydrogen-bond acceptors (Lipinski definition) is 4. The summed E-state index contributed by atoms with van der Waals surface area (Å²) in [5.41, 5.74) is 1.44. The summed E-state index contributed by atoms with van der Waals surface area (Å²) in [5.74, 6) is 5.12. The van der Waals surface area contributed by atoms with Gasteiger partial charge in [0.2, 0.25) is 5.91 Å². The Morgan fingerprint density at radius 2 is 1.65 bits per heavy atom. The van der Waals surface area contributed by atoms with Crippen molar-refractivity contribution in [3.05, 3.63) is 65.2 Å². The van der Waals surface area contributed by atoms with Gasteiger partial charge in [0.05, 0.1) is 24.8 Å². The van der Waals surface area contributed by atoms with Gasteiger partial charge in [-0.2, -0.15) is 0 Å². The summed E-state index contributed by atoms with van der Waals surface area (Å²) in [7, 11) is 1.59. The molecule has 0 saturated heterocycles. The van der Waals surface area contributed by atoms with Crippen LogP contribution in [0.3, 0.4) is 0 Å². The molecule has 2 aromatic rings. The van der Waals surface area contributed by atoms with Crippen molar-refractivity contribution < 1.29 is 19.1 Å². The van der Waals surface area contributed by atoms with Gasteiger partial charge in [-0.1, -0.05) is 24.0 Å². The molecule has 1 aliphatic rings. The van der Waals surface area contributed by atoms with Gasteiger partial charge in [0.25, 0.3) is 11.8 Å². The lowest BCUT2D eigenvalue weighted by atomic mass is 10.1. The summed E-state index contributed by atoms with van der Waals surface area (Å²) < 4.78 is 5.07. The molecule has 0 radical (unpaired) electrons. The Labute approximate surface area is 150 Å². The standard InChI is InChI=1S/C20H16N2O4/c1-26-15-10-8-14(9-11-15)5-4-12-21-18(23)13-22-19(24)16-6-2-3-7-17(16)20(22)25/h2-3,6-11H,12-13H2,1H3,(H,21,23). The Hall–Kier alpha value is -3.59. The highest BCUT2D eigenvalue weighted by Gasteiger charge is 2.36. The first-order valence-corrected chi connectivity index (χ1v) is 7.95. The topological polar surface area (TPSA) is 75.7 Å². The average Bonchev–Trinajstić information content (AvgIpc) is 2.91. The van der Waals surface area contributed by atoms with Gasteiger partial charge >= 0.3 is 0 Å². The van der Waals surface area contributed by atoms with Crippen LogP contribution >= 0.6 is 0 Å². The number of methoxy groups -OCH3 is 1. The zero-order chi connectivity index (χ0) is 18.5. The third kappa shape index (κ3) is 3.57. The number of hydrogen-bond donors (Lipinski definition) is 1. The molecule has 1 aliphatic heterocycles. The zero-order valence-corrected chi connectivity index (χ0v) is 14.1. The van der Waals surface area contributed by atoms with Crippen molar-refractivity contribution in [2.75, 3.05) is 20.2 Å². The Morgan fingerprint density at radius 3 is 2.23 bits per heavy atom. The molecule has 0 saturated carbocycles. The van der Waals surface area contributed by atoms with Crippen LogP contribution in [-0.4, -0.2) is 42.8 Å². The fourth-order valence-corrected chi connectivity index (χ4v) is 2.55. The first-order valence-electron chi connectivity index (χ1n) is 7.95. The number of rotatable bonds is 4. The number of carbonyl (C=O) groups is 3. The normalized spacial score (nSPS) is 12.3. The third-order valence-corrected chi connectivity index (χ3v) is 3.88. The number of carbonyl (C=O) groups excluding carboxylic acids is 3. The summed E-state index contributed by atoms with van der Waals surface area (Å²) in [5, 5.41) is 2.59. The van der Waals surface area contributed by atoms with E-state index in [1.54, 1.807) is 43.5 Å². The van der Waals surface area contributed by atoms with Crippen LogP contribution in [0.15, 0.2) is 48.5 Å². The maximum Gasteiger partial charge on any atom is 0.262 e. The molecule has 0 spiro atoms. The van der Waals surface area contributed by atoms with E-state index in [2.05, 4.69) is 17.2 Å². The largest absolute Gasteiger partial charge is 0.497 e. The van der Waals surface area contributed by atoms with Crippen LogP contribution in [0.2, 0.25) is 0 Å². The molecule has 3 rings (SSSR count). The molecule has 6 heteroatoms. The molecule has 0 atom stereocenters. The highest BCUT2D eigenvalue weighted by atomic mass is 16.5. The molecule has 0 aliphatic carbocycles. The molecular formula is C20H16N2O4. The number of ether oxygens (including phenoxy) is 1. The highest BCUT2D eigenvalue weighted by Crippen LogP contribution is 2.21. The van der Waals surface area contributed by atoms with Crippen LogP contribution in [0.25, 0.3) is 0 Å². The Kier molecular flexibility index (Phi) is 4.99. The molecule has 1 N–H and O–H groups in total. The van der Waals surface area contributed by atoms with E-state index in [0.717, 1.165) is 16.2 Å². The third-order valence-electron chi connectivity index (χ3n) is 3.88. The number of fused-ring (bicyclic) bond motifs is 1. The molecule has 0 bridgehead atoms. The predicted molar refractivity (Wildman–Crippen MR) is 94.7 cm³/mol. The van der Waals surface area contributed by atoms with E-state index in [1.807, 2.05) is 12.1 Å². The van der Waals surface area contributed by atoms with Crippen LogP contribution in [0, 0.1) is 11.8 Å². The van der Waals surface area contributed by atoms with Crippen LogP contribution in [-0.2, 0) is 4.79 Å². The van der Waals surface area contributed by atoms with Crippen molar-refractivity contribution in [3.8, 4) is 17.6 Å². The first-order chi connectivity index (χ1) is 12.6. The maximum absolute atomic E-state index is 12.2. The van der Waals surface area contributed by atoms with Crippen LogP contribution in [0.4, 0.5) is 0 Å². The molecule has 0 unspecified atom stereocenters. The molecular weight excluding hydrogens is 332 g/mol. The van der Waals surface area contributed by atoms with Crippen LogP contribution < -0.4 is 10.1 Å². The van der Waals surface area contributed by atoms with E-state index in [-0.39, 0.29) is 13.1 Å². The van der Waals surface area contributed by atoms with Gasteiger partial charge in [-0.15, -0.1) is 0 Å². The van der Waals surface area contributed by atoms with E-state index in [4.69, 9.17) is 4.74 Å². The summed E-state index contributed by atoms with van der Waals surface area (Å²) >= 11 is 0. The fraction of sp³-hybridized carbons (Fsp3) is 0.150. The SMILES string of the molecule is COc1ccc(C#CCNC(=O)CN2C(=O)c3ccccc3C2=O)cc1. The van der Waals surface area contributed by atoms with Crippen LogP contribution in [0.1, 0.15) is 26.3 Å². The predicted octanol–water partition coefficient (Wildman–Crippen LogP) is 1.46. The summed E-state index contributed by atoms with van der Waals surface area (Å²) in [4.78, 5) is 37.3. The quantitative estimate of drug-likeness (QED) is 0.670. The second kappa shape index (κ2) is 7.53. The van der Waals surface area contributed by atoms with Gasteiger partial charge < -0.3 is 10.1 Å². The van der Waals surface area contributed by atoms with Crippen LogP contribution in [0.5, 0.6) is 5.75 Å². The van der Waals surface area contributed by atoms with Gasteiger partial charge in [-0.25, -0.2) is 0 Å². The number of benzene rings is 2. The van der Waals surface area contributed by atoms with Crippen molar-refractivity contribution in [2.24, 2.45) is 0 Å². The lowest BCUT2D eigenvalue weighted by molar-refractivity contribution is -0.121. The Morgan fingerprint density at radius 1 is 1.04 bits per heavy atom. The lowest BCUT2D eigenvalue weighted by Crippen LogP contribution is -2.40. The average molecular weight is 348 g/mol. The molecule has 0 aromatic heterocycles. The molecule has 3 amide bonds. The minimum absolute atomic E-state index is 0.119. The van der Waals surface area contributed by atoms with Gasteiger partial charge in [0.15, 0.2) is 0 Å². The molecule has 2 aromatic carbocycles. The maximum atomic E-state index is 12.2. The minimum atomic E-state index is -0.454. The van der Waals surface area contributed by atoms with E-state index in [9.17, 15) is 14.4 Å².